The summed E-state index contributed by atoms with van der Waals surface area (Å²) < 4.78 is 6.59. The fourth-order valence-corrected chi connectivity index (χ4v) is 1.75. The Morgan fingerprint density at radius 3 is 2.89 bits per heavy atom. The molecule has 1 aromatic carbocycles. The van der Waals surface area contributed by atoms with Gasteiger partial charge in [-0.2, -0.15) is 0 Å². The zero-order valence-corrected chi connectivity index (χ0v) is 12.0. The molecular weight excluding hydrogens is 308 g/mol. The first-order valence-electron chi connectivity index (χ1n) is 5.71. The predicted molar refractivity (Wildman–Crippen MR) is 76.7 cm³/mol. The minimum Gasteiger partial charge on any atom is -0.487 e. The van der Waals surface area contributed by atoms with E-state index in [2.05, 4.69) is 26.1 Å². The molecule has 0 unspecified atom stereocenters. The molecule has 0 amide bonds. The molecule has 0 saturated heterocycles. The Hall–Kier alpha value is -1.88. The minimum absolute atomic E-state index is 0.395. The number of nitrogens with zero attached hydrogens (tertiary/aromatic N) is 2. The van der Waals surface area contributed by atoms with E-state index in [1.54, 1.807) is 13.1 Å². The summed E-state index contributed by atoms with van der Waals surface area (Å²) in [6.45, 7) is 2.13. The second-order valence-electron chi connectivity index (χ2n) is 3.97. The third-order valence-electron chi connectivity index (χ3n) is 2.58. The van der Waals surface area contributed by atoms with E-state index in [1.807, 2.05) is 36.4 Å². The maximum Gasteiger partial charge on any atom is 0.130 e. The summed E-state index contributed by atoms with van der Waals surface area (Å²) in [7, 11) is 0. The molecule has 0 radical (unpaired) electrons. The summed E-state index contributed by atoms with van der Waals surface area (Å²) in [4.78, 5) is 4.23. The largest absolute Gasteiger partial charge is 0.487 e. The van der Waals surface area contributed by atoms with Crippen LogP contribution >= 0.6 is 15.9 Å². The zero-order chi connectivity index (χ0) is 13.7. The molecule has 0 aliphatic rings. The minimum atomic E-state index is 0.395. The first-order valence-corrected chi connectivity index (χ1v) is 6.50. The van der Waals surface area contributed by atoms with E-state index in [4.69, 9.17) is 9.94 Å². The number of hydrogen-bond acceptors (Lipinski definition) is 4. The van der Waals surface area contributed by atoms with Crippen molar-refractivity contribution in [3.8, 4) is 5.75 Å². The van der Waals surface area contributed by atoms with Crippen LogP contribution in [0.3, 0.4) is 0 Å². The third-order valence-corrected chi connectivity index (χ3v) is 3.05. The normalized spacial score (nSPS) is 11.4. The predicted octanol–water partition coefficient (Wildman–Crippen LogP) is 3.62. The summed E-state index contributed by atoms with van der Waals surface area (Å²) >= 11 is 3.33. The van der Waals surface area contributed by atoms with Crippen LogP contribution in [0.25, 0.3) is 0 Å². The smallest absolute Gasteiger partial charge is 0.130 e. The van der Waals surface area contributed by atoms with Gasteiger partial charge in [0.15, 0.2) is 0 Å². The van der Waals surface area contributed by atoms with Crippen LogP contribution in [0.5, 0.6) is 5.75 Å². The Bertz CT molecular complexity index is 582. The average molecular weight is 321 g/mol. The van der Waals surface area contributed by atoms with Gasteiger partial charge in [-0.15, -0.1) is 0 Å². The molecule has 98 valence electrons. The van der Waals surface area contributed by atoms with Crippen molar-refractivity contribution in [3.63, 3.8) is 0 Å². The zero-order valence-electron chi connectivity index (χ0n) is 10.4. The molecule has 2 rings (SSSR count). The van der Waals surface area contributed by atoms with Crippen molar-refractivity contribution in [3.05, 3.63) is 58.3 Å². The van der Waals surface area contributed by atoms with Gasteiger partial charge in [0, 0.05) is 16.2 Å². The highest BCUT2D eigenvalue weighted by atomic mass is 79.9. The Kier molecular flexibility index (Phi) is 4.52. The summed E-state index contributed by atoms with van der Waals surface area (Å²) in [5.41, 5.74) is 2.22. The van der Waals surface area contributed by atoms with Crippen LogP contribution in [0.2, 0.25) is 0 Å². The molecule has 0 bridgehead atoms. The van der Waals surface area contributed by atoms with Gasteiger partial charge in [0.25, 0.3) is 0 Å². The number of benzene rings is 1. The molecule has 0 spiro atoms. The molecule has 0 fully saturated rings. The van der Waals surface area contributed by atoms with Crippen molar-refractivity contribution in [2.45, 2.75) is 13.5 Å². The topological polar surface area (TPSA) is 54.7 Å². The SMILES string of the molecule is C/C(=N/O)c1cccc(OCc2ccc(Br)cn2)c1. The number of aromatic nitrogens is 1. The van der Waals surface area contributed by atoms with Crippen molar-refractivity contribution < 1.29 is 9.94 Å². The maximum absolute atomic E-state index is 8.75. The lowest BCUT2D eigenvalue weighted by atomic mass is 10.1. The molecule has 19 heavy (non-hydrogen) atoms. The van der Waals surface area contributed by atoms with Crippen LogP contribution in [0.1, 0.15) is 18.2 Å². The Balaban J connectivity index is 2.05. The number of rotatable bonds is 4. The van der Waals surface area contributed by atoms with E-state index in [9.17, 15) is 0 Å². The Morgan fingerprint density at radius 1 is 1.37 bits per heavy atom. The van der Waals surface area contributed by atoms with Gasteiger partial charge in [0.1, 0.15) is 12.4 Å². The van der Waals surface area contributed by atoms with Gasteiger partial charge < -0.3 is 9.94 Å². The van der Waals surface area contributed by atoms with E-state index < -0.39 is 0 Å². The molecule has 5 heteroatoms. The van der Waals surface area contributed by atoms with Crippen molar-refractivity contribution >= 4 is 21.6 Å². The molecular formula is C14H13BrN2O2. The molecule has 0 atom stereocenters. The summed E-state index contributed by atoms with van der Waals surface area (Å²) in [5, 5.41) is 11.9. The fourth-order valence-electron chi connectivity index (χ4n) is 1.52. The lowest BCUT2D eigenvalue weighted by Gasteiger charge is -2.07. The quantitative estimate of drug-likeness (QED) is 0.531. The highest BCUT2D eigenvalue weighted by molar-refractivity contribution is 9.10. The molecule has 1 N–H and O–H groups in total. The van der Waals surface area contributed by atoms with Crippen molar-refractivity contribution in [2.75, 3.05) is 0 Å². The lowest BCUT2D eigenvalue weighted by Crippen LogP contribution is -1.99. The van der Waals surface area contributed by atoms with Gasteiger partial charge in [0.2, 0.25) is 0 Å². The van der Waals surface area contributed by atoms with Crippen molar-refractivity contribution in [2.24, 2.45) is 5.16 Å². The van der Waals surface area contributed by atoms with E-state index in [0.717, 1.165) is 15.7 Å². The summed E-state index contributed by atoms with van der Waals surface area (Å²) in [5.74, 6) is 0.713. The first kappa shape index (κ1) is 13.5. The van der Waals surface area contributed by atoms with Crippen LogP contribution in [0, 0.1) is 0 Å². The van der Waals surface area contributed by atoms with E-state index >= 15 is 0 Å². The van der Waals surface area contributed by atoms with E-state index in [0.29, 0.717) is 18.1 Å². The number of ether oxygens (including phenoxy) is 1. The second kappa shape index (κ2) is 6.33. The fraction of sp³-hybridized carbons (Fsp3) is 0.143. The maximum atomic E-state index is 8.75. The van der Waals surface area contributed by atoms with Gasteiger partial charge in [-0.25, -0.2) is 0 Å². The van der Waals surface area contributed by atoms with E-state index in [1.165, 1.54) is 0 Å². The average Bonchev–Trinajstić information content (AvgIpc) is 2.46. The Morgan fingerprint density at radius 2 is 2.21 bits per heavy atom. The molecule has 4 nitrogen and oxygen atoms in total. The van der Waals surface area contributed by atoms with Crippen molar-refractivity contribution in [1.82, 2.24) is 4.98 Å². The van der Waals surface area contributed by atoms with Crippen LogP contribution in [0.4, 0.5) is 0 Å². The van der Waals surface area contributed by atoms with Crippen LogP contribution in [-0.4, -0.2) is 15.9 Å². The highest BCUT2D eigenvalue weighted by Crippen LogP contribution is 2.16. The highest BCUT2D eigenvalue weighted by Gasteiger charge is 2.01. The van der Waals surface area contributed by atoms with Crippen LogP contribution < -0.4 is 4.74 Å². The van der Waals surface area contributed by atoms with Gasteiger partial charge in [0.05, 0.1) is 11.4 Å². The van der Waals surface area contributed by atoms with Crippen LogP contribution in [0.15, 0.2) is 52.2 Å². The second-order valence-corrected chi connectivity index (χ2v) is 4.89. The summed E-state index contributed by atoms with van der Waals surface area (Å²) in [6.07, 6.45) is 1.73. The Labute approximate surface area is 119 Å². The molecule has 1 aromatic heterocycles. The van der Waals surface area contributed by atoms with Crippen molar-refractivity contribution in [1.29, 1.82) is 0 Å². The third kappa shape index (κ3) is 3.79. The number of halogens is 1. The number of hydrogen-bond donors (Lipinski definition) is 1. The van der Waals surface area contributed by atoms with Gasteiger partial charge in [-0.1, -0.05) is 17.3 Å². The first-order chi connectivity index (χ1) is 9.19. The molecule has 0 aliphatic heterocycles. The van der Waals surface area contributed by atoms with Crippen LogP contribution in [-0.2, 0) is 6.61 Å². The molecule has 1 heterocycles. The molecule has 2 aromatic rings. The van der Waals surface area contributed by atoms with E-state index in [-0.39, 0.29) is 0 Å². The monoisotopic (exact) mass is 320 g/mol. The lowest BCUT2D eigenvalue weighted by molar-refractivity contribution is 0.301. The molecule has 0 aliphatic carbocycles. The number of pyridine rings is 1. The summed E-state index contributed by atoms with van der Waals surface area (Å²) in [6, 6.07) is 11.2. The van der Waals surface area contributed by atoms with Gasteiger partial charge in [-0.05, 0) is 47.1 Å². The number of oxime groups is 1. The van der Waals surface area contributed by atoms with Gasteiger partial charge in [-0.3, -0.25) is 4.98 Å². The molecule has 0 saturated carbocycles. The van der Waals surface area contributed by atoms with Gasteiger partial charge >= 0.3 is 0 Å². The standard InChI is InChI=1S/C14H13BrN2O2/c1-10(17-18)11-3-2-4-14(7-11)19-9-13-6-5-12(15)8-16-13/h2-8,18H,9H2,1H3/b17-10-.